The number of hydrogen-bond donors (Lipinski definition) is 1. The van der Waals surface area contributed by atoms with E-state index in [1.165, 1.54) is 4.68 Å². The standard InChI is InChI=1S/C18H18N4O/c1-12-8-10-15(11-9-12)22-18(23)17(14(3)21-22)20-19-16-7-5-4-6-13(16)2/h4-11,23H,1-3H3. The van der Waals surface area contributed by atoms with Crippen LogP contribution in [0.3, 0.4) is 0 Å². The number of aromatic hydroxyl groups is 1. The molecule has 0 aliphatic rings. The van der Waals surface area contributed by atoms with E-state index in [0.29, 0.717) is 11.4 Å². The lowest BCUT2D eigenvalue weighted by atomic mass is 10.2. The van der Waals surface area contributed by atoms with Crippen molar-refractivity contribution in [2.24, 2.45) is 10.2 Å². The molecular formula is C18H18N4O. The van der Waals surface area contributed by atoms with E-state index in [-0.39, 0.29) is 5.88 Å². The first-order chi connectivity index (χ1) is 11.1. The molecule has 5 heteroatoms. The van der Waals surface area contributed by atoms with E-state index in [1.54, 1.807) is 6.92 Å². The molecule has 0 aliphatic heterocycles. The third kappa shape index (κ3) is 2.99. The predicted molar refractivity (Wildman–Crippen MR) is 90.1 cm³/mol. The Morgan fingerprint density at radius 1 is 0.913 bits per heavy atom. The number of rotatable bonds is 3. The van der Waals surface area contributed by atoms with Crippen LogP contribution < -0.4 is 0 Å². The van der Waals surface area contributed by atoms with Crippen LogP contribution >= 0.6 is 0 Å². The Hall–Kier alpha value is -2.95. The molecule has 0 unspecified atom stereocenters. The SMILES string of the molecule is Cc1ccc(-n2nc(C)c(N=Nc3ccccc3C)c2O)cc1. The van der Waals surface area contributed by atoms with Crippen LogP contribution in [0.25, 0.3) is 5.69 Å². The van der Waals surface area contributed by atoms with Gasteiger partial charge in [0.25, 0.3) is 0 Å². The van der Waals surface area contributed by atoms with Gasteiger partial charge in [0, 0.05) is 0 Å². The molecule has 0 saturated heterocycles. The lowest BCUT2D eigenvalue weighted by Crippen LogP contribution is -1.95. The molecular weight excluding hydrogens is 288 g/mol. The molecule has 23 heavy (non-hydrogen) atoms. The van der Waals surface area contributed by atoms with Crippen LogP contribution in [0.2, 0.25) is 0 Å². The Balaban J connectivity index is 1.98. The minimum atomic E-state index is -0.0105. The van der Waals surface area contributed by atoms with E-state index in [1.807, 2.05) is 62.4 Å². The van der Waals surface area contributed by atoms with Gasteiger partial charge >= 0.3 is 0 Å². The van der Waals surface area contributed by atoms with Gasteiger partial charge in [-0.05, 0) is 44.5 Å². The predicted octanol–water partition coefficient (Wildman–Crippen LogP) is 4.92. The number of nitrogens with zero attached hydrogens (tertiary/aromatic N) is 4. The molecule has 0 fully saturated rings. The van der Waals surface area contributed by atoms with Gasteiger partial charge in [-0.1, -0.05) is 35.9 Å². The molecule has 5 nitrogen and oxygen atoms in total. The summed E-state index contributed by atoms with van der Waals surface area (Å²) in [5, 5.41) is 23.2. The highest BCUT2D eigenvalue weighted by molar-refractivity contribution is 5.55. The summed E-state index contributed by atoms with van der Waals surface area (Å²) in [6.45, 7) is 5.78. The molecule has 0 saturated carbocycles. The summed E-state index contributed by atoms with van der Waals surface area (Å²) in [5.74, 6) is -0.0105. The summed E-state index contributed by atoms with van der Waals surface area (Å²) in [6.07, 6.45) is 0. The lowest BCUT2D eigenvalue weighted by molar-refractivity contribution is 0.434. The summed E-state index contributed by atoms with van der Waals surface area (Å²) in [6, 6.07) is 15.5. The van der Waals surface area contributed by atoms with Gasteiger partial charge < -0.3 is 5.11 Å². The maximum atomic E-state index is 10.4. The molecule has 0 aliphatic carbocycles. The normalized spacial score (nSPS) is 11.3. The van der Waals surface area contributed by atoms with Crippen molar-refractivity contribution < 1.29 is 5.11 Å². The van der Waals surface area contributed by atoms with E-state index in [0.717, 1.165) is 22.5 Å². The number of hydrogen-bond acceptors (Lipinski definition) is 4. The third-order valence-electron chi connectivity index (χ3n) is 3.66. The van der Waals surface area contributed by atoms with Crippen molar-refractivity contribution in [1.29, 1.82) is 0 Å². The summed E-state index contributed by atoms with van der Waals surface area (Å²) >= 11 is 0. The van der Waals surface area contributed by atoms with Crippen molar-refractivity contribution in [1.82, 2.24) is 9.78 Å². The first kappa shape index (κ1) is 15.0. The van der Waals surface area contributed by atoms with E-state index >= 15 is 0 Å². The van der Waals surface area contributed by atoms with Gasteiger partial charge in [-0.15, -0.1) is 5.11 Å². The van der Waals surface area contributed by atoms with E-state index in [2.05, 4.69) is 15.3 Å². The molecule has 0 atom stereocenters. The third-order valence-corrected chi connectivity index (χ3v) is 3.66. The molecule has 3 rings (SSSR count). The fourth-order valence-electron chi connectivity index (χ4n) is 2.27. The Morgan fingerprint density at radius 3 is 2.30 bits per heavy atom. The monoisotopic (exact) mass is 306 g/mol. The Labute approximate surface area is 134 Å². The maximum Gasteiger partial charge on any atom is 0.243 e. The maximum absolute atomic E-state index is 10.4. The van der Waals surface area contributed by atoms with Crippen LogP contribution in [0.5, 0.6) is 5.88 Å². The molecule has 0 bridgehead atoms. The molecule has 1 aromatic heterocycles. The zero-order valence-corrected chi connectivity index (χ0v) is 13.4. The molecule has 2 aromatic carbocycles. The van der Waals surface area contributed by atoms with Gasteiger partial charge in [0.05, 0.1) is 17.1 Å². The van der Waals surface area contributed by atoms with Crippen molar-refractivity contribution in [2.45, 2.75) is 20.8 Å². The molecule has 3 aromatic rings. The average Bonchev–Trinajstić information content (AvgIpc) is 2.82. The minimum Gasteiger partial charge on any atom is -0.492 e. The number of aromatic nitrogens is 2. The minimum absolute atomic E-state index is 0.0105. The van der Waals surface area contributed by atoms with Crippen LogP contribution in [0.15, 0.2) is 58.8 Å². The quantitative estimate of drug-likeness (QED) is 0.698. The summed E-state index contributed by atoms with van der Waals surface area (Å²) < 4.78 is 1.47. The number of azo groups is 1. The summed E-state index contributed by atoms with van der Waals surface area (Å²) in [7, 11) is 0. The van der Waals surface area contributed by atoms with E-state index in [9.17, 15) is 5.11 Å². The zero-order valence-electron chi connectivity index (χ0n) is 13.4. The summed E-state index contributed by atoms with van der Waals surface area (Å²) in [5.41, 5.74) is 4.74. The Bertz CT molecular complexity index is 863. The van der Waals surface area contributed by atoms with Crippen LogP contribution in [0, 0.1) is 20.8 Å². The van der Waals surface area contributed by atoms with Crippen molar-refractivity contribution in [3.63, 3.8) is 0 Å². The average molecular weight is 306 g/mol. The second-order valence-electron chi connectivity index (χ2n) is 5.49. The molecule has 116 valence electrons. The Morgan fingerprint density at radius 2 is 1.61 bits per heavy atom. The van der Waals surface area contributed by atoms with Crippen molar-refractivity contribution >= 4 is 11.4 Å². The highest BCUT2D eigenvalue weighted by Gasteiger charge is 2.15. The first-order valence-electron chi connectivity index (χ1n) is 7.39. The van der Waals surface area contributed by atoms with E-state index in [4.69, 9.17) is 0 Å². The molecule has 0 radical (unpaired) electrons. The largest absolute Gasteiger partial charge is 0.492 e. The van der Waals surface area contributed by atoms with Gasteiger partial charge in [0.1, 0.15) is 0 Å². The molecule has 0 spiro atoms. The fraction of sp³-hybridized carbons (Fsp3) is 0.167. The molecule has 0 amide bonds. The highest BCUT2D eigenvalue weighted by Crippen LogP contribution is 2.34. The van der Waals surface area contributed by atoms with E-state index < -0.39 is 0 Å². The van der Waals surface area contributed by atoms with Crippen LogP contribution in [0.4, 0.5) is 11.4 Å². The zero-order chi connectivity index (χ0) is 16.4. The second-order valence-corrected chi connectivity index (χ2v) is 5.49. The number of aryl methyl sites for hydroxylation is 3. The topological polar surface area (TPSA) is 62.8 Å². The van der Waals surface area contributed by atoms with Crippen molar-refractivity contribution in [3.8, 4) is 11.6 Å². The van der Waals surface area contributed by atoms with Gasteiger partial charge in [-0.3, -0.25) is 0 Å². The van der Waals surface area contributed by atoms with Gasteiger partial charge in [-0.25, -0.2) is 0 Å². The fourth-order valence-corrected chi connectivity index (χ4v) is 2.27. The number of benzene rings is 2. The van der Waals surface area contributed by atoms with Crippen molar-refractivity contribution in [2.75, 3.05) is 0 Å². The molecule has 1 heterocycles. The lowest BCUT2D eigenvalue weighted by Gasteiger charge is -2.03. The smallest absolute Gasteiger partial charge is 0.243 e. The van der Waals surface area contributed by atoms with Crippen LogP contribution in [0.1, 0.15) is 16.8 Å². The van der Waals surface area contributed by atoms with Crippen molar-refractivity contribution in [3.05, 3.63) is 65.4 Å². The van der Waals surface area contributed by atoms with Gasteiger partial charge in [0.2, 0.25) is 5.88 Å². The summed E-state index contributed by atoms with van der Waals surface area (Å²) in [4.78, 5) is 0. The van der Waals surface area contributed by atoms with Gasteiger partial charge in [0.15, 0.2) is 5.69 Å². The van der Waals surface area contributed by atoms with Crippen LogP contribution in [-0.4, -0.2) is 14.9 Å². The Kier molecular flexibility index (Phi) is 3.93. The molecule has 1 N–H and O–H groups in total. The first-order valence-corrected chi connectivity index (χ1v) is 7.39. The van der Waals surface area contributed by atoms with Gasteiger partial charge in [-0.2, -0.15) is 14.9 Å². The highest BCUT2D eigenvalue weighted by atomic mass is 16.3. The van der Waals surface area contributed by atoms with Crippen LogP contribution in [-0.2, 0) is 0 Å². The second kappa shape index (κ2) is 6.04.